The first kappa shape index (κ1) is 15.0. The van der Waals surface area contributed by atoms with Crippen LogP contribution in [0.3, 0.4) is 0 Å². The standard InChI is InChI=1S/C18H17N3O2S/c22-24(23,13-5-2-1-3-6-13)21-17-8-4-7-16-18(17)14-9-11-19-12-10-15(14)20-16/h1-8,12,20-21H,9-11H2. The number of aliphatic imine (C=N–C) groups is 1. The van der Waals surface area contributed by atoms with E-state index in [-0.39, 0.29) is 4.90 Å². The highest BCUT2D eigenvalue weighted by Crippen LogP contribution is 2.32. The van der Waals surface area contributed by atoms with Crippen LogP contribution in [-0.2, 0) is 22.9 Å². The average molecular weight is 339 g/mol. The third-order valence-electron chi connectivity index (χ3n) is 4.23. The van der Waals surface area contributed by atoms with Gasteiger partial charge in [-0.2, -0.15) is 0 Å². The summed E-state index contributed by atoms with van der Waals surface area (Å²) in [6.45, 7) is 0.722. The fourth-order valence-electron chi connectivity index (χ4n) is 3.13. The SMILES string of the molecule is O=S(=O)(Nc1cccc2[nH]c3c(c12)CCN=CC3)c1ccccc1. The molecule has 2 N–H and O–H groups in total. The summed E-state index contributed by atoms with van der Waals surface area (Å²) in [6, 6.07) is 14.1. The Morgan fingerprint density at radius 2 is 1.88 bits per heavy atom. The molecule has 0 spiro atoms. The molecule has 4 rings (SSSR count). The Kier molecular flexibility index (Phi) is 3.61. The second-order valence-corrected chi connectivity index (χ2v) is 7.45. The van der Waals surface area contributed by atoms with Crippen molar-refractivity contribution in [3.05, 3.63) is 59.8 Å². The van der Waals surface area contributed by atoms with E-state index < -0.39 is 10.0 Å². The molecule has 0 bridgehead atoms. The molecular weight excluding hydrogens is 322 g/mol. The van der Waals surface area contributed by atoms with E-state index in [1.807, 2.05) is 24.4 Å². The molecule has 5 nitrogen and oxygen atoms in total. The number of rotatable bonds is 3. The smallest absolute Gasteiger partial charge is 0.261 e. The first-order valence-electron chi connectivity index (χ1n) is 7.84. The molecule has 3 aromatic rings. The zero-order valence-electron chi connectivity index (χ0n) is 13.0. The number of nitrogens with zero attached hydrogens (tertiary/aromatic N) is 1. The minimum atomic E-state index is -3.61. The molecule has 0 radical (unpaired) electrons. The van der Waals surface area contributed by atoms with Crippen molar-refractivity contribution >= 4 is 32.8 Å². The topological polar surface area (TPSA) is 74.3 Å². The second kappa shape index (κ2) is 5.79. The quantitative estimate of drug-likeness (QED) is 0.769. The number of H-pyrrole nitrogens is 1. The molecule has 1 aliphatic heterocycles. The monoisotopic (exact) mass is 339 g/mol. The van der Waals surface area contributed by atoms with E-state index in [1.54, 1.807) is 30.3 Å². The lowest BCUT2D eigenvalue weighted by atomic mass is 10.1. The van der Waals surface area contributed by atoms with Crippen LogP contribution in [-0.4, -0.2) is 26.2 Å². The molecule has 1 aromatic heterocycles. The van der Waals surface area contributed by atoms with Crippen molar-refractivity contribution in [1.29, 1.82) is 0 Å². The fourth-order valence-corrected chi connectivity index (χ4v) is 4.23. The van der Waals surface area contributed by atoms with E-state index in [0.29, 0.717) is 5.69 Å². The Hall–Kier alpha value is -2.60. The highest BCUT2D eigenvalue weighted by Gasteiger charge is 2.19. The van der Waals surface area contributed by atoms with Gasteiger partial charge >= 0.3 is 0 Å². The minimum absolute atomic E-state index is 0.256. The molecule has 6 heteroatoms. The van der Waals surface area contributed by atoms with E-state index in [1.165, 1.54) is 0 Å². The van der Waals surface area contributed by atoms with Gasteiger partial charge in [0.1, 0.15) is 0 Å². The predicted octanol–water partition coefficient (Wildman–Crippen LogP) is 3.14. The van der Waals surface area contributed by atoms with Crippen molar-refractivity contribution in [2.75, 3.05) is 11.3 Å². The summed E-state index contributed by atoms with van der Waals surface area (Å²) < 4.78 is 28.1. The van der Waals surface area contributed by atoms with Crippen molar-refractivity contribution in [2.24, 2.45) is 4.99 Å². The Morgan fingerprint density at radius 1 is 1.04 bits per heavy atom. The molecule has 0 saturated carbocycles. The first-order valence-corrected chi connectivity index (χ1v) is 9.32. The molecule has 0 aliphatic carbocycles. The van der Waals surface area contributed by atoms with E-state index in [9.17, 15) is 8.42 Å². The summed E-state index contributed by atoms with van der Waals surface area (Å²) in [4.78, 5) is 7.99. The van der Waals surface area contributed by atoms with Gasteiger partial charge in [-0.1, -0.05) is 24.3 Å². The van der Waals surface area contributed by atoms with E-state index >= 15 is 0 Å². The van der Waals surface area contributed by atoms with Crippen LogP contribution in [0.2, 0.25) is 0 Å². The Balaban J connectivity index is 1.82. The highest BCUT2D eigenvalue weighted by atomic mass is 32.2. The predicted molar refractivity (Wildman–Crippen MR) is 96.3 cm³/mol. The number of aromatic amines is 1. The molecule has 0 fully saturated rings. The van der Waals surface area contributed by atoms with Crippen molar-refractivity contribution in [2.45, 2.75) is 17.7 Å². The number of nitrogens with one attached hydrogen (secondary N) is 2. The average Bonchev–Trinajstić information content (AvgIpc) is 2.78. The summed E-state index contributed by atoms with van der Waals surface area (Å²) in [5, 5.41) is 0.942. The Bertz CT molecular complexity index is 1020. The fraction of sp³-hybridized carbons (Fsp3) is 0.167. The van der Waals surface area contributed by atoms with Gasteiger partial charge in [0.2, 0.25) is 0 Å². The number of benzene rings is 2. The number of aromatic nitrogens is 1. The molecule has 2 aromatic carbocycles. The lowest BCUT2D eigenvalue weighted by molar-refractivity contribution is 0.601. The third kappa shape index (κ3) is 2.59. The van der Waals surface area contributed by atoms with Crippen LogP contribution >= 0.6 is 0 Å². The molecule has 0 amide bonds. The molecule has 0 atom stereocenters. The number of sulfonamides is 1. The summed E-state index contributed by atoms with van der Waals surface area (Å²) in [6.07, 6.45) is 3.46. The largest absolute Gasteiger partial charge is 0.358 e. The molecule has 122 valence electrons. The van der Waals surface area contributed by atoms with Gasteiger partial charge in [-0.05, 0) is 36.2 Å². The van der Waals surface area contributed by atoms with Crippen LogP contribution < -0.4 is 4.72 Å². The molecule has 0 saturated heterocycles. The van der Waals surface area contributed by atoms with Gasteiger partial charge in [-0.25, -0.2) is 8.42 Å². The normalized spacial score (nSPS) is 14.3. The number of hydrogen-bond acceptors (Lipinski definition) is 3. The van der Waals surface area contributed by atoms with Crippen molar-refractivity contribution in [3.8, 4) is 0 Å². The third-order valence-corrected chi connectivity index (χ3v) is 5.61. The maximum absolute atomic E-state index is 12.7. The Morgan fingerprint density at radius 3 is 2.71 bits per heavy atom. The van der Waals surface area contributed by atoms with Crippen LogP contribution in [0.5, 0.6) is 0 Å². The van der Waals surface area contributed by atoms with Crippen LogP contribution in [0.15, 0.2) is 58.4 Å². The van der Waals surface area contributed by atoms with Gasteiger partial charge in [0, 0.05) is 35.8 Å². The van der Waals surface area contributed by atoms with Gasteiger partial charge in [0.25, 0.3) is 10.0 Å². The lowest BCUT2D eigenvalue weighted by Crippen LogP contribution is -2.13. The summed E-state index contributed by atoms with van der Waals surface area (Å²) in [7, 11) is -3.61. The highest BCUT2D eigenvalue weighted by molar-refractivity contribution is 7.92. The van der Waals surface area contributed by atoms with Crippen LogP contribution in [0.1, 0.15) is 11.3 Å². The molecule has 1 aliphatic rings. The molecular formula is C18H17N3O2S. The summed E-state index contributed by atoms with van der Waals surface area (Å²) >= 11 is 0. The van der Waals surface area contributed by atoms with Crippen molar-refractivity contribution in [1.82, 2.24) is 4.98 Å². The minimum Gasteiger partial charge on any atom is -0.358 e. The molecule has 2 heterocycles. The van der Waals surface area contributed by atoms with E-state index in [4.69, 9.17) is 0 Å². The Labute approximate surface area is 140 Å². The van der Waals surface area contributed by atoms with Gasteiger partial charge in [0.15, 0.2) is 0 Å². The van der Waals surface area contributed by atoms with Crippen LogP contribution in [0, 0.1) is 0 Å². The van der Waals surface area contributed by atoms with E-state index in [0.717, 1.165) is 41.5 Å². The first-order chi connectivity index (χ1) is 11.6. The summed E-state index contributed by atoms with van der Waals surface area (Å²) in [5.41, 5.74) is 3.81. The van der Waals surface area contributed by atoms with Crippen LogP contribution in [0.25, 0.3) is 10.9 Å². The van der Waals surface area contributed by atoms with Crippen LogP contribution in [0.4, 0.5) is 5.69 Å². The number of hydrogen-bond donors (Lipinski definition) is 2. The van der Waals surface area contributed by atoms with Crippen molar-refractivity contribution < 1.29 is 8.42 Å². The maximum Gasteiger partial charge on any atom is 0.261 e. The zero-order valence-corrected chi connectivity index (χ0v) is 13.8. The number of anilines is 1. The molecule has 0 unspecified atom stereocenters. The zero-order chi connectivity index (χ0) is 16.6. The maximum atomic E-state index is 12.7. The van der Waals surface area contributed by atoms with Gasteiger partial charge in [0.05, 0.1) is 10.6 Å². The summed E-state index contributed by atoms with van der Waals surface area (Å²) in [5.74, 6) is 0. The second-order valence-electron chi connectivity index (χ2n) is 5.77. The van der Waals surface area contributed by atoms with E-state index in [2.05, 4.69) is 14.7 Å². The van der Waals surface area contributed by atoms with Gasteiger partial charge in [-0.15, -0.1) is 0 Å². The number of fused-ring (bicyclic) bond motifs is 3. The van der Waals surface area contributed by atoms with Gasteiger partial charge < -0.3 is 4.98 Å². The van der Waals surface area contributed by atoms with Gasteiger partial charge in [-0.3, -0.25) is 9.71 Å². The van der Waals surface area contributed by atoms with Crippen molar-refractivity contribution in [3.63, 3.8) is 0 Å². The molecule has 24 heavy (non-hydrogen) atoms. The lowest BCUT2D eigenvalue weighted by Gasteiger charge is -2.10.